The summed E-state index contributed by atoms with van der Waals surface area (Å²) in [4.78, 5) is 21.0. The molecule has 0 saturated heterocycles. The van der Waals surface area contributed by atoms with Crippen LogP contribution >= 0.6 is 11.6 Å². The minimum atomic E-state index is -0.384. The van der Waals surface area contributed by atoms with Crippen molar-refractivity contribution >= 4 is 28.4 Å². The van der Waals surface area contributed by atoms with Crippen LogP contribution in [0.15, 0.2) is 60.9 Å². The predicted octanol–water partition coefficient (Wildman–Crippen LogP) is 4.45. The minimum absolute atomic E-state index is 0.188. The normalized spacial score (nSPS) is 11.0. The van der Waals surface area contributed by atoms with Crippen LogP contribution in [0.3, 0.4) is 0 Å². The Morgan fingerprint density at radius 1 is 1.21 bits per heavy atom. The molecule has 0 fully saturated rings. The average molecular weight is 395 g/mol. The highest BCUT2D eigenvalue weighted by molar-refractivity contribution is 6.30. The van der Waals surface area contributed by atoms with Crippen molar-refractivity contribution in [3.05, 3.63) is 88.8 Å². The highest BCUT2D eigenvalue weighted by atomic mass is 35.5. The molecule has 0 unspecified atom stereocenters. The number of nitrogens with one attached hydrogen (secondary N) is 1. The van der Waals surface area contributed by atoms with Crippen molar-refractivity contribution in [2.75, 3.05) is 0 Å². The van der Waals surface area contributed by atoms with Gasteiger partial charge in [0.2, 0.25) is 0 Å². The molecular weight excluding hydrogens is 379 g/mol. The molecule has 0 atom stereocenters. The number of halogens is 2. The first-order chi connectivity index (χ1) is 13.5. The Bertz CT molecular complexity index is 1190. The number of hydrogen-bond donors (Lipinski definition) is 1. The molecule has 4 aromatic rings. The van der Waals surface area contributed by atoms with E-state index in [2.05, 4.69) is 15.3 Å². The Morgan fingerprint density at radius 3 is 2.79 bits per heavy atom. The summed E-state index contributed by atoms with van der Waals surface area (Å²) < 4.78 is 16.2. The van der Waals surface area contributed by atoms with Crippen LogP contribution < -0.4 is 5.32 Å². The summed E-state index contributed by atoms with van der Waals surface area (Å²) in [5, 5.41) is 3.77. The molecule has 0 bridgehead atoms. The molecule has 28 heavy (non-hydrogen) atoms. The number of nitrogens with zero attached hydrogens (tertiary/aromatic N) is 3. The van der Waals surface area contributed by atoms with Crippen molar-refractivity contribution in [3.8, 4) is 5.69 Å². The van der Waals surface area contributed by atoms with Gasteiger partial charge in [0, 0.05) is 24.3 Å². The van der Waals surface area contributed by atoms with E-state index >= 15 is 0 Å². The molecule has 0 spiro atoms. The zero-order chi connectivity index (χ0) is 19.7. The number of carbonyl (C=O) groups excluding carboxylic acids is 1. The lowest BCUT2D eigenvalue weighted by Crippen LogP contribution is -2.23. The Balaban J connectivity index is 1.55. The lowest BCUT2D eigenvalue weighted by atomic mass is 10.1. The number of fused-ring (bicyclic) bond motifs is 1. The predicted molar refractivity (Wildman–Crippen MR) is 106 cm³/mol. The molecule has 7 heteroatoms. The fourth-order valence-electron chi connectivity index (χ4n) is 3.10. The Kier molecular flexibility index (Phi) is 4.79. The van der Waals surface area contributed by atoms with E-state index < -0.39 is 0 Å². The van der Waals surface area contributed by atoms with Gasteiger partial charge in [0.15, 0.2) is 0 Å². The second-order valence-corrected chi connectivity index (χ2v) is 6.71. The number of para-hydroxylation sites is 1. The van der Waals surface area contributed by atoms with Crippen molar-refractivity contribution in [2.24, 2.45) is 0 Å². The van der Waals surface area contributed by atoms with E-state index in [1.165, 1.54) is 12.1 Å². The van der Waals surface area contributed by atoms with Gasteiger partial charge >= 0.3 is 0 Å². The molecular formula is C21H16ClFN4O. The van der Waals surface area contributed by atoms with Crippen LogP contribution in [-0.2, 0) is 6.54 Å². The SMILES string of the molecule is Cc1nccn1-c1ccc(CNC(=O)c2cc(Cl)nc3ccccc23)cc1F. The molecule has 5 nitrogen and oxygen atoms in total. The highest BCUT2D eigenvalue weighted by Crippen LogP contribution is 2.21. The molecule has 140 valence electrons. The molecule has 2 aromatic carbocycles. The summed E-state index contributed by atoms with van der Waals surface area (Å²) in [5.74, 6) is 0.0158. The topological polar surface area (TPSA) is 59.8 Å². The van der Waals surface area contributed by atoms with Crippen LogP contribution in [0.4, 0.5) is 4.39 Å². The van der Waals surface area contributed by atoms with E-state index in [0.29, 0.717) is 33.5 Å². The maximum absolute atomic E-state index is 14.5. The van der Waals surface area contributed by atoms with E-state index in [0.717, 1.165) is 0 Å². The summed E-state index contributed by atoms with van der Waals surface area (Å²) in [7, 11) is 0. The summed E-state index contributed by atoms with van der Waals surface area (Å²) in [6.07, 6.45) is 3.32. The van der Waals surface area contributed by atoms with Gasteiger partial charge in [-0.2, -0.15) is 0 Å². The maximum atomic E-state index is 14.5. The third kappa shape index (κ3) is 3.46. The van der Waals surface area contributed by atoms with E-state index in [4.69, 9.17) is 11.6 Å². The summed E-state index contributed by atoms with van der Waals surface area (Å²) in [6.45, 7) is 1.99. The minimum Gasteiger partial charge on any atom is -0.348 e. The Morgan fingerprint density at radius 2 is 2.04 bits per heavy atom. The molecule has 2 heterocycles. The quantitative estimate of drug-likeness (QED) is 0.520. The smallest absolute Gasteiger partial charge is 0.252 e. The second kappa shape index (κ2) is 7.40. The van der Waals surface area contributed by atoms with Crippen LogP contribution in [0.5, 0.6) is 0 Å². The number of imidazole rings is 1. The van der Waals surface area contributed by atoms with E-state index in [1.807, 2.05) is 18.2 Å². The van der Waals surface area contributed by atoms with Crippen molar-refractivity contribution in [1.29, 1.82) is 0 Å². The first-order valence-corrected chi connectivity index (χ1v) is 9.03. The molecule has 0 saturated carbocycles. The lowest BCUT2D eigenvalue weighted by Gasteiger charge is -2.11. The molecule has 0 aliphatic rings. The maximum Gasteiger partial charge on any atom is 0.252 e. The second-order valence-electron chi connectivity index (χ2n) is 6.32. The third-order valence-corrected chi connectivity index (χ3v) is 4.67. The first-order valence-electron chi connectivity index (χ1n) is 8.65. The summed E-state index contributed by atoms with van der Waals surface area (Å²) >= 11 is 6.04. The Hall–Kier alpha value is -3.25. The molecule has 1 N–H and O–H groups in total. The number of rotatable bonds is 4. The molecule has 4 rings (SSSR count). The molecule has 0 aliphatic carbocycles. The standard InChI is InChI=1S/C21H16ClFN4O/c1-13-24-8-9-27(13)19-7-6-14(10-17(19)23)12-25-21(28)16-11-20(22)26-18-5-3-2-4-15(16)18/h2-11H,12H2,1H3,(H,25,28). The van der Waals surface area contributed by atoms with E-state index in [-0.39, 0.29) is 23.4 Å². The van der Waals surface area contributed by atoms with Crippen molar-refractivity contribution in [3.63, 3.8) is 0 Å². The first kappa shape index (κ1) is 18.1. The number of aromatic nitrogens is 3. The van der Waals surface area contributed by atoms with Gasteiger partial charge in [0.1, 0.15) is 16.8 Å². The van der Waals surface area contributed by atoms with Gasteiger partial charge in [-0.15, -0.1) is 0 Å². The van der Waals surface area contributed by atoms with Crippen molar-refractivity contribution < 1.29 is 9.18 Å². The van der Waals surface area contributed by atoms with Crippen LogP contribution in [0, 0.1) is 12.7 Å². The van der Waals surface area contributed by atoms with Crippen LogP contribution in [0.2, 0.25) is 5.15 Å². The number of hydrogen-bond acceptors (Lipinski definition) is 3. The third-order valence-electron chi connectivity index (χ3n) is 4.48. The van der Waals surface area contributed by atoms with E-state index in [1.54, 1.807) is 42.1 Å². The number of carbonyl (C=O) groups is 1. The average Bonchev–Trinajstić information content (AvgIpc) is 3.11. The van der Waals surface area contributed by atoms with E-state index in [9.17, 15) is 9.18 Å². The number of pyridine rings is 1. The fourth-order valence-corrected chi connectivity index (χ4v) is 3.30. The van der Waals surface area contributed by atoms with Gasteiger partial charge in [-0.1, -0.05) is 35.9 Å². The van der Waals surface area contributed by atoms with Crippen molar-refractivity contribution in [1.82, 2.24) is 19.9 Å². The van der Waals surface area contributed by atoms with Gasteiger partial charge in [0.25, 0.3) is 5.91 Å². The van der Waals surface area contributed by atoms with Gasteiger partial charge in [-0.3, -0.25) is 4.79 Å². The van der Waals surface area contributed by atoms with Crippen LogP contribution in [0.1, 0.15) is 21.7 Å². The number of benzene rings is 2. The number of aryl methyl sites for hydroxylation is 1. The largest absolute Gasteiger partial charge is 0.348 e. The molecule has 0 radical (unpaired) electrons. The van der Waals surface area contributed by atoms with Crippen LogP contribution in [0.25, 0.3) is 16.6 Å². The number of amides is 1. The lowest BCUT2D eigenvalue weighted by molar-refractivity contribution is 0.0952. The zero-order valence-electron chi connectivity index (χ0n) is 15.0. The monoisotopic (exact) mass is 394 g/mol. The molecule has 0 aliphatic heterocycles. The zero-order valence-corrected chi connectivity index (χ0v) is 15.7. The van der Waals surface area contributed by atoms with Gasteiger partial charge < -0.3 is 9.88 Å². The fraction of sp³-hybridized carbons (Fsp3) is 0.0952. The molecule has 1 amide bonds. The highest BCUT2D eigenvalue weighted by Gasteiger charge is 2.13. The van der Waals surface area contributed by atoms with Crippen molar-refractivity contribution in [2.45, 2.75) is 13.5 Å². The summed E-state index contributed by atoms with van der Waals surface area (Å²) in [5.41, 5.74) is 2.14. The van der Waals surface area contributed by atoms with Gasteiger partial charge in [-0.05, 0) is 36.8 Å². The summed E-state index contributed by atoms with van der Waals surface area (Å²) in [6, 6.07) is 13.7. The van der Waals surface area contributed by atoms with Gasteiger partial charge in [-0.25, -0.2) is 14.4 Å². The van der Waals surface area contributed by atoms with Crippen LogP contribution in [-0.4, -0.2) is 20.4 Å². The van der Waals surface area contributed by atoms with Gasteiger partial charge in [0.05, 0.1) is 16.8 Å². The Labute approximate surface area is 165 Å². The molecule has 2 aromatic heterocycles.